The number of amides is 1. The molecule has 2 aromatic rings. The molecule has 0 aliphatic heterocycles. The van der Waals surface area contributed by atoms with Crippen molar-refractivity contribution in [3.05, 3.63) is 71.0 Å². The van der Waals surface area contributed by atoms with Gasteiger partial charge in [0.15, 0.2) is 0 Å². The third-order valence-electron chi connectivity index (χ3n) is 2.81. The van der Waals surface area contributed by atoms with Crippen molar-refractivity contribution in [2.45, 2.75) is 6.54 Å². The van der Waals surface area contributed by atoms with Gasteiger partial charge in [-0.3, -0.25) is 4.79 Å². The smallest absolute Gasteiger partial charge is 0.254 e. The molecule has 0 aliphatic rings. The Kier molecular flexibility index (Phi) is 4.42. The highest BCUT2D eigenvalue weighted by Crippen LogP contribution is 2.08. The molecule has 0 fully saturated rings. The Morgan fingerprint density at radius 1 is 1.15 bits per heavy atom. The van der Waals surface area contributed by atoms with Crippen LogP contribution < -0.4 is 11.1 Å². The highest BCUT2D eigenvalue weighted by molar-refractivity contribution is 7.80. The first-order valence-electron chi connectivity index (χ1n) is 5.99. The molecular weight excluding hydrogens is 275 g/mol. The van der Waals surface area contributed by atoms with Crippen molar-refractivity contribution < 1.29 is 9.18 Å². The van der Waals surface area contributed by atoms with Gasteiger partial charge >= 0.3 is 0 Å². The van der Waals surface area contributed by atoms with Gasteiger partial charge in [-0.2, -0.15) is 0 Å². The van der Waals surface area contributed by atoms with Crippen LogP contribution in [0.3, 0.4) is 0 Å². The number of thiocarbonyl (C=S) groups is 1. The highest BCUT2D eigenvalue weighted by Gasteiger charge is 2.09. The Hall–Kier alpha value is -2.27. The molecule has 0 saturated carbocycles. The van der Waals surface area contributed by atoms with Gasteiger partial charge in [0, 0.05) is 12.1 Å². The van der Waals surface area contributed by atoms with Crippen LogP contribution in [0.4, 0.5) is 4.39 Å². The number of benzene rings is 2. The summed E-state index contributed by atoms with van der Waals surface area (Å²) >= 11 is 4.86. The average molecular weight is 288 g/mol. The van der Waals surface area contributed by atoms with Gasteiger partial charge in [0.05, 0.1) is 5.56 Å². The van der Waals surface area contributed by atoms with Crippen LogP contribution in [0.15, 0.2) is 48.5 Å². The molecule has 0 bridgehead atoms. The minimum atomic E-state index is -0.533. The van der Waals surface area contributed by atoms with Gasteiger partial charge in [0.1, 0.15) is 10.8 Å². The Morgan fingerprint density at radius 3 is 2.40 bits per heavy atom. The van der Waals surface area contributed by atoms with Crippen LogP contribution in [-0.4, -0.2) is 10.9 Å². The maximum absolute atomic E-state index is 13.4. The Bertz CT molecular complexity index is 641. The number of carbonyl (C=O) groups is 1. The summed E-state index contributed by atoms with van der Waals surface area (Å²) in [5.41, 5.74) is 7.18. The average Bonchev–Trinajstić information content (AvgIpc) is 2.45. The molecule has 0 saturated heterocycles. The molecule has 0 aliphatic carbocycles. The van der Waals surface area contributed by atoms with E-state index in [9.17, 15) is 9.18 Å². The molecule has 0 atom stereocenters. The Morgan fingerprint density at radius 2 is 1.80 bits per heavy atom. The molecule has 2 aromatic carbocycles. The first kappa shape index (κ1) is 14.1. The van der Waals surface area contributed by atoms with Crippen LogP contribution >= 0.6 is 12.2 Å². The van der Waals surface area contributed by atoms with Crippen molar-refractivity contribution in [1.82, 2.24) is 5.32 Å². The lowest BCUT2D eigenvalue weighted by atomic mass is 10.1. The number of carbonyl (C=O) groups excluding carboxylic acids is 1. The van der Waals surface area contributed by atoms with Crippen LogP contribution in [0.2, 0.25) is 0 Å². The molecule has 2 rings (SSSR count). The third-order valence-corrected chi connectivity index (χ3v) is 3.05. The fourth-order valence-electron chi connectivity index (χ4n) is 1.71. The molecular formula is C15H13FN2OS. The maximum Gasteiger partial charge on any atom is 0.254 e. The van der Waals surface area contributed by atoms with E-state index in [1.165, 1.54) is 12.1 Å². The summed E-state index contributed by atoms with van der Waals surface area (Å²) in [7, 11) is 0. The molecule has 0 radical (unpaired) electrons. The van der Waals surface area contributed by atoms with Crippen LogP contribution in [0.5, 0.6) is 0 Å². The number of nitrogens with one attached hydrogen (secondary N) is 1. The van der Waals surface area contributed by atoms with E-state index >= 15 is 0 Å². The number of nitrogens with two attached hydrogens (primary N) is 1. The quantitative estimate of drug-likeness (QED) is 0.849. The molecule has 0 spiro atoms. The Balaban J connectivity index is 2.00. The molecule has 1 amide bonds. The standard InChI is InChI=1S/C15H13FN2OS/c16-13-4-2-1-3-12(13)15(19)18-9-10-5-7-11(8-6-10)14(17)20/h1-8H,9H2,(H2,17,20)(H,18,19). The zero-order valence-electron chi connectivity index (χ0n) is 10.6. The molecule has 0 aromatic heterocycles. The zero-order chi connectivity index (χ0) is 14.5. The van der Waals surface area contributed by atoms with Crippen molar-refractivity contribution >= 4 is 23.1 Å². The van der Waals surface area contributed by atoms with Gasteiger partial charge in [0.2, 0.25) is 0 Å². The van der Waals surface area contributed by atoms with E-state index in [1.54, 1.807) is 24.3 Å². The van der Waals surface area contributed by atoms with Gasteiger partial charge in [0.25, 0.3) is 5.91 Å². The van der Waals surface area contributed by atoms with Crippen molar-refractivity contribution in [1.29, 1.82) is 0 Å². The first-order valence-corrected chi connectivity index (χ1v) is 6.40. The first-order chi connectivity index (χ1) is 9.58. The predicted octanol–water partition coefficient (Wildman–Crippen LogP) is 2.39. The summed E-state index contributed by atoms with van der Waals surface area (Å²) in [4.78, 5) is 12.1. The molecule has 5 heteroatoms. The van der Waals surface area contributed by atoms with Gasteiger partial charge in [-0.1, -0.05) is 48.6 Å². The van der Waals surface area contributed by atoms with Crippen molar-refractivity contribution in [3.8, 4) is 0 Å². The fraction of sp³-hybridized carbons (Fsp3) is 0.0667. The van der Waals surface area contributed by atoms with Crippen LogP contribution in [-0.2, 0) is 6.54 Å². The summed E-state index contributed by atoms with van der Waals surface area (Å²) < 4.78 is 13.4. The summed E-state index contributed by atoms with van der Waals surface area (Å²) in [5.74, 6) is -0.977. The summed E-state index contributed by atoms with van der Waals surface area (Å²) in [5, 5.41) is 2.66. The molecule has 20 heavy (non-hydrogen) atoms. The van der Waals surface area contributed by atoms with Gasteiger partial charge in [-0.15, -0.1) is 0 Å². The zero-order valence-corrected chi connectivity index (χ0v) is 11.4. The normalized spacial score (nSPS) is 10.1. The molecule has 3 N–H and O–H groups in total. The maximum atomic E-state index is 13.4. The molecule has 102 valence electrons. The number of rotatable bonds is 4. The minimum Gasteiger partial charge on any atom is -0.389 e. The fourth-order valence-corrected chi connectivity index (χ4v) is 1.85. The van der Waals surface area contributed by atoms with Crippen LogP contribution in [0.1, 0.15) is 21.5 Å². The lowest BCUT2D eigenvalue weighted by Crippen LogP contribution is -2.23. The molecule has 0 heterocycles. The van der Waals surface area contributed by atoms with E-state index in [1.807, 2.05) is 12.1 Å². The second kappa shape index (κ2) is 6.25. The summed E-state index contributed by atoms with van der Waals surface area (Å²) in [6.07, 6.45) is 0. The van der Waals surface area contributed by atoms with E-state index < -0.39 is 11.7 Å². The van der Waals surface area contributed by atoms with E-state index in [-0.39, 0.29) is 5.56 Å². The van der Waals surface area contributed by atoms with E-state index in [4.69, 9.17) is 18.0 Å². The second-order valence-corrected chi connectivity index (χ2v) is 4.66. The monoisotopic (exact) mass is 288 g/mol. The summed E-state index contributed by atoms with van der Waals surface area (Å²) in [6, 6.07) is 13.1. The topological polar surface area (TPSA) is 55.1 Å². The van der Waals surface area contributed by atoms with Gasteiger partial charge < -0.3 is 11.1 Å². The second-order valence-electron chi connectivity index (χ2n) is 4.22. The van der Waals surface area contributed by atoms with Crippen molar-refractivity contribution in [3.63, 3.8) is 0 Å². The predicted molar refractivity (Wildman–Crippen MR) is 79.9 cm³/mol. The minimum absolute atomic E-state index is 0.0345. The summed E-state index contributed by atoms with van der Waals surface area (Å²) in [6.45, 7) is 0.310. The lowest BCUT2D eigenvalue weighted by molar-refractivity contribution is 0.0947. The SMILES string of the molecule is NC(=S)c1ccc(CNC(=O)c2ccccc2F)cc1. The van der Waals surface area contributed by atoms with Crippen molar-refractivity contribution in [2.24, 2.45) is 5.73 Å². The van der Waals surface area contributed by atoms with Crippen LogP contribution in [0.25, 0.3) is 0 Å². The van der Waals surface area contributed by atoms with E-state index in [2.05, 4.69) is 5.32 Å². The number of hydrogen-bond donors (Lipinski definition) is 2. The van der Waals surface area contributed by atoms with Gasteiger partial charge in [-0.05, 0) is 17.7 Å². The Labute approximate surface area is 121 Å². The number of hydrogen-bond acceptors (Lipinski definition) is 2. The van der Waals surface area contributed by atoms with E-state index in [0.29, 0.717) is 11.5 Å². The van der Waals surface area contributed by atoms with Crippen LogP contribution in [0, 0.1) is 5.82 Å². The highest BCUT2D eigenvalue weighted by atomic mass is 32.1. The lowest BCUT2D eigenvalue weighted by Gasteiger charge is -2.07. The molecule has 0 unspecified atom stereocenters. The van der Waals surface area contributed by atoms with Crippen molar-refractivity contribution in [2.75, 3.05) is 0 Å². The van der Waals surface area contributed by atoms with Gasteiger partial charge in [-0.25, -0.2) is 4.39 Å². The third kappa shape index (κ3) is 3.39. The van der Waals surface area contributed by atoms with E-state index in [0.717, 1.165) is 11.1 Å². The molecule has 3 nitrogen and oxygen atoms in total. The largest absolute Gasteiger partial charge is 0.389 e. The number of halogens is 1.